The van der Waals surface area contributed by atoms with Gasteiger partial charge in [-0.1, -0.05) is 18.2 Å². The van der Waals surface area contributed by atoms with Gasteiger partial charge in [-0.25, -0.2) is 4.79 Å². The Hall–Kier alpha value is -2.28. The first-order valence-corrected chi connectivity index (χ1v) is 8.86. The van der Waals surface area contributed by atoms with Crippen LogP contribution >= 0.6 is 11.8 Å². The fourth-order valence-corrected chi connectivity index (χ4v) is 3.18. The van der Waals surface area contributed by atoms with E-state index in [0.29, 0.717) is 11.3 Å². The average molecular weight is 363 g/mol. The number of ether oxygens (including phenoxy) is 2. The third-order valence-electron chi connectivity index (χ3n) is 3.41. The molecule has 1 fully saturated rings. The normalized spacial score (nSPS) is 17.3. The molecule has 2 amide bonds. The van der Waals surface area contributed by atoms with Crippen LogP contribution in [0.3, 0.4) is 0 Å². The lowest BCUT2D eigenvalue weighted by molar-refractivity contribution is -0.150. The molecule has 25 heavy (non-hydrogen) atoms. The minimum absolute atomic E-state index is 0.0200. The Bertz CT molecular complexity index is 713. The molecule has 1 saturated heterocycles. The van der Waals surface area contributed by atoms with Crippen LogP contribution in [0.25, 0.3) is 6.08 Å². The van der Waals surface area contributed by atoms with E-state index in [4.69, 9.17) is 9.47 Å². The summed E-state index contributed by atoms with van der Waals surface area (Å²) >= 11 is 0.803. The highest BCUT2D eigenvalue weighted by Gasteiger charge is 2.41. The molecule has 0 saturated carbocycles. The van der Waals surface area contributed by atoms with Gasteiger partial charge in [0.25, 0.3) is 11.1 Å². The standard InChI is InChI=1S/C18H21NO5S/c1-5-23-17(21)12(4)19-16(20)15(25-18(19)22)10-13-8-6-7-9-14(13)24-11(2)3/h6-12H,5H2,1-4H3. The molecule has 1 unspecified atom stereocenters. The van der Waals surface area contributed by atoms with Crippen LogP contribution in [0.1, 0.15) is 33.3 Å². The maximum Gasteiger partial charge on any atom is 0.329 e. The molecular weight excluding hydrogens is 342 g/mol. The Kier molecular flexibility index (Phi) is 6.25. The minimum Gasteiger partial charge on any atom is -0.490 e. The Morgan fingerprint density at radius 2 is 1.92 bits per heavy atom. The third kappa shape index (κ3) is 4.42. The summed E-state index contributed by atoms with van der Waals surface area (Å²) < 4.78 is 10.6. The molecule has 1 aliphatic heterocycles. The molecule has 2 rings (SSSR count). The van der Waals surface area contributed by atoms with E-state index >= 15 is 0 Å². The summed E-state index contributed by atoms with van der Waals surface area (Å²) in [5, 5.41) is -0.487. The molecule has 134 valence electrons. The zero-order valence-electron chi connectivity index (χ0n) is 14.6. The number of nitrogens with zero attached hydrogens (tertiary/aromatic N) is 1. The van der Waals surface area contributed by atoms with Crippen LogP contribution in [-0.2, 0) is 14.3 Å². The van der Waals surface area contributed by atoms with E-state index in [1.54, 1.807) is 25.1 Å². The van der Waals surface area contributed by atoms with E-state index < -0.39 is 23.2 Å². The van der Waals surface area contributed by atoms with Gasteiger partial charge in [-0.05, 0) is 51.6 Å². The topological polar surface area (TPSA) is 72.9 Å². The van der Waals surface area contributed by atoms with Gasteiger partial charge in [-0.2, -0.15) is 0 Å². The molecule has 0 radical (unpaired) electrons. The molecule has 7 heteroatoms. The van der Waals surface area contributed by atoms with Crippen molar-refractivity contribution in [3.8, 4) is 5.75 Å². The number of para-hydroxylation sites is 1. The van der Waals surface area contributed by atoms with Crippen LogP contribution in [0, 0.1) is 0 Å². The van der Waals surface area contributed by atoms with Crippen LogP contribution in [0.15, 0.2) is 29.2 Å². The number of carbonyl (C=O) groups excluding carboxylic acids is 3. The summed E-state index contributed by atoms with van der Waals surface area (Å²) in [7, 11) is 0. The number of hydrogen-bond donors (Lipinski definition) is 0. The van der Waals surface area contributed by atoms with Crippen molar-refractivity contribution in [2.45, 2.75) is 39.8 Å². The van der Waals surface area contributed by atoms with Gasteiger partial charge in [0.05, 0.1) is 17.6 Å². The lowest BCUT2D eigenvalue weighted by Gasteiger charge is -2.19. The molecule has 0 bridgehead atoms. The van der Waals surface area contributed by atoms with Crippen molar-refractivity contribution in [2.24, 2.45) is 0 Å². The number of rotatable bonds is 6. The van der Waals surface area contributed by atoms with E-state index in [0.717, 1.165) is 16.7 Å². The molecule has 0 spiro atoms. The summed E-state index contributed by atoms with van der Waals surface area (Å²) in [5.74, 6) is -0.479. The summed E-state index contributed by atoms with van der Waals surface area (Å²) in [5.41, 5.74) is 0.700. The number of amides is 2. The highest BCUT2D eigenvalue weighted by Crippen LogP contribution is 2.35. The zero-order chi connectivity index (χ0) is 18.6. The minimum atomic E-state index is -0.958. The average Bonchev–Trinajstić information content (AvgIpc) is 2.82. The fourth-order valence-electron chi connectivity index (χ4n) is 2.28. The number of benzene rings is 1. The van der Waals surface area contributed by atoms with Crippen LogP contribution in [0.4, 0.5) is 4.79 Å². The molecule has 0 aromatic heterocycles. The van der Waals surface area contributed by atoms with E-state index in [-0.39, 0.29) is 17.6 Å². The van der Waals surface area contributed by atoms with Gasteiger partial charge < -0.3 is 9.47 Å². The lowest BCUT2D eigenvalue weighted by atomic mass is 10.1. The number of hydrogen-bond acceptors (Lipinski definition) is 6. The lowest BCUT2D eigenvalue weighted by Crippen LogP contribution is -2.42. The number of thioether (sulfide) groups is 1. The van der Waals surface area contributed by atoms with E-state index in [1.807, 2.05) is 26.0 Å². The Morgan fingerprint density at radius 3 is 2.56 bits per heavy atom. The zero-order valence-corrected chi connectivity index (χ0v) is 15.5. The van der Waals surface area contributed by atoms with Gasteiger partial charge in [0.2, 0.25) is 0 Å². The van der Waals surface area contributed by atoms with E-state index in [1.165, 1.54) is 6.92 Å². The van der Waals surface area contributed by atoms with Crippen LogP contribution in [-0.4, -0.2) is 40.8 Å². The van der Waals surface area contributed by atoms with Crippen molar-refractivity contribution in [1.29, 1.82) is 0 Å². The van der Waals surface area contributed by atoms with Crippen molar-refractivity contribution >= 4 is 35.0 Å². The number of esters is 1. The molecule has 1 atom stereocenters. The van der Waals surface area contributed by atoms with Gasteiger partial charge >= 0.3 is 5.97 Å². The predicted octanol–water partition coefficient (Wildman–Crippen LogP) is 3.46. The van der Waals surface area contributed by atoms with Crippen molar-refractivity contribution in [2.75, 3.05) is 6.61 Å². The first kappa shape index (κ1) is 19.1. The molecule has 6 nitrogen and oxygen atoms in total. The van der Waals surface area contributed by atoms with Gasteiger partial charge in [-0.15, -0.1) is 0 Å². The Morgan fingerprint density at radius 1 is 1.24 bits per heavy atom. The number of imide groups is 1. The van der Waals surface area contributed by atoms with Crippen molar-refractivity contribution in [3.05, 3.63) is 34.7 Å². The summed E-state index contributed by atoms with van der Waals surface area (Å²) in [4.78, 5) is 37.8. The second kappa shape index (κ2) is 8.20. The largest absolute Gasteiger partial charge is 0.490 e. The second-order valence-electron chi connectivity index (χ2n) is 5.68. The molecular formula is C18H21NO5S. The highest BCUT2D eigenvalue weighted by molar-refractivity contribution is 8.18. The van der Waals surface area contributed by atoms with Crippen LogP contribution < -0.4 is 4.74 Å². The van der Waals surface area contributed by atoms with Gasteiger partial charge in [0, 0.05) is 5.56 Å². The monoisotopic (exact) mass is 363 g/mol. The Balaban J connectivity index is 2.28. The molecule has 1 heterocycles. The maximum atomic E-state index is 12.6. The van der Waals surface area contributed by atoms with Crippen molar-refractivity contribution in [3.63, 3.8) is 0 Å². The smallest absolute Gasteiger partial charge is 0.329 e. The molecule has 1 aliphatic rings. The third-order valence-corrected chi connectivity index (χ3v) is 4.29. The van der Waals surface area contributed by atoms with Gasteiger partial charge in [0.15, 0.2) is 0 Å². The predicted molar refractivity (Wildman–Crippen MR) is 96.1 cm³/mol. The second-order valence-corrected chi connectivity index (χ2v) is 6.68. The molecule has 0 N–H and O–H groups in total. The molecule has 0 aliphatic carbocycles. The van der Waals surface area contributed by atoms with Crippen LogP contribution in [0.2, 0.25) is 0 Å². The fraction of sp³-hybridized carbons (Fsp3) is 0.389. The molecule has 1 aromatic carbocycles. The van der Waals surface area contributed by atoms with Crippen molar-refractivity contribution in [1.82, 2.24) is 4.90 Å². The maximum absolute atomic E-state index is 12.6. The Labute approximate surface area is 151 Å². The first-order chi connectivity index (χ1) is 11.8. The first-order valence-electron chi connectivity index (χ1n) is 8.04. The van der Waals surface area contributed by atoms with Gasteiger partial charge in [0.1, 0.15) is 11.8 Å². The van der Waals surface area contributed by atoms with Crippen LogP contribution in [0.5, 0.6) is 5.75 Å². The SMILES string of the molecule is CCOC(=O)C(C)N1C(=O)SC(=Cc2ccccc2OC(C)C)C1=O. The summed E-state index contributed by atoms with van der Waals surface area (Å²) in [6, 6.07) is 6.31. The number of carbonyl (C=O) groups is 3. The van der Waals surface area contributed by atoms with E-state index in [2.05, 4.69) is 0 Å². The summed E-state index contributed by atoms with van der Waals surface area (Å²) in [6.07, 6.45) is 1.59. The van der Waals surface area contributed by atoms with Gasteiger partial charge in [-0.3, -0.25) is 14.5 Å². The summed E-state index contributed by atoms with van der Waals surface area (Å²) in [6.45, 7) is 7.16. The highest BCUT2D eigenvalue weighted by atomic mass is 32.2. The van der Waals surface area contributed by atoms with Crippen molar-refractivity contribution < 1.29 is 23.9 Å². The van der Waals surface area contributed by atoms with E-state index in [9.17, 15) is 14.4 Å². The molecule has 1 aromatic rings. The quantitative estimate of drug-likeness (QED) is 0.569.